The van der Waals surface area contributed by atoms with Crippen molar-refractivity contribution < 1.29 is 23.9 Å². The zero-order valence-electron chi connectivity index (χ0n) is 22.1. The molecule has 2 N–H and O–H groups in total. The average molecular weight is 539 g/mol. The van der Waals surface area contributed by atoms with Crippen LogP contribution in [-0.4, -0.2) is 40.4 Å². The smallest absolute Gasteiger partial charge is 0.305 e. The van der Waals surface area contributed by atoms with Crippen molar-refractivity contribution in [1.82, 2.24) is 10.2 Å². The first-order chi connectivity index (χ1) is 18.0. The van der Waals surface area contributed by atoms with Crippen molar-refractivity contribution in [3.8, 4) is 0 Å². The SMILES string of the molecule is CC(C)(C)C1CCC(N(Cc2ccc(C(=O)NCCC(=O)O)cc2)C(=O)c2cc3cc(Cl)ccc3o2)CC1. The topological polar surface area (TPSA) is 99.9 Å². The van der Waals surface area contributed by atoms with Crippen LogP contribution in [0.5, 0.6) is 0 Å². The summed E-state index contributed by atoms with van der Waals surface area (Å²) in [6.07, 6.45) is 3.83. The summed E-state index contributed by atoms with van der Waals surface area (Å²) in [5, 5.41) is 12.7. The first kappa shape index (κ1) is 27.7. The quantitative estimate of drug-likeness (QED) is 0.339. The van der Waals surface area contributed by atoms with Crippen molar-refractivity contribution in [2.45, 2.75) is 65.5 Å². The van der Waals surface area contributed by atoms with Crippen molar-refractivity contribution in [2.24, 2.45) is 11.3 Å². The maximum atomic E-state index is 13.8. The number of carbonyl (C=O) groups excluding carboxylic acids is 2. The fourth-order valence-corrected chi connectivity index (χ4v) is 5.41. The van der Waals surface area contributed by atoms with Gasteiger partial charge >= 0.3 is 5.97 Å². The van der Waals surface area contributed by atoms with Gasteiger partial charge in [-0.05, 0) is 79.0 Å². The molecule has 1 aliphatic rings. The normalized spacial score (nSPS) is 17.8. The van der Waals surface area contributed by atoms with Crippen LogP contribution in [0.4, 0.5) is 0 Å². The van der Waals surface area contributed by atoms with Gasteiger partial charge in [-0.15, -0.1) is 0 Å². The number of furan rings is 1. The molecule has 0 atom stereocenters. The van der Waals surface area contributed by atoms with Crippen molar-refractivity contribution in [1.29, 1.82) is 0 Å². The minimum atomic E-state index is -0.963. The largest absolute Gasteiger partial charge is 0.481 e. The highest BCUT2D eigenvalue weighted by Gasteiger charge is 2.34. The Labute approximate surface area is 228 Å². The maximum absolute atomic E-state index is 13.8. The molecule has 4 rings (SSSR count). The van der Waals surface area contributed by atoms with E-state index in [1.165, 1.54) is 0 Å². The van der Waals surface area contributed by atoms with Crippen LogP contribution in [0.3, 0.4) is 0 Å². The fraction of sp³-hybridized carbons (Fsp3) is 0.433. The number of benzene rings is 2. The van der Waals surface area contributed by atoms with Gasteiger partial charge in [0.1, 0.15) is 5.58 Å². The zero-order valence-corrected chi connectivity index (χ0v) is 22.9. The van der Waals surface area contributed by atoms with Crippen molar-refractivity contribution in [3.63, 3.8) is 0 Å². The van der Waals surface area contributed by atoms with E-state index in [2.05, 4.69) is 26.1 Å². The molecule has 2 amide bonds. The number of carboxylic acid groups (broad SMARTS) is 1. The average Bonchev–Trinajstić information content (AvgIpc) is 3.30. The van der Waals surface area contributed by atoms with Gasteiger partial charge in [0.25, 0.3) is 11.8 Å². The molecule has 202 valence electrons. The van der Waals surface area contributed by atoms with E-state index in [1.807, 2.05) is 17.0 Å². The molecule has 8 heteroatoms. The van der Waals surface area contributed by atoms with E-state index in [9.17, 15) is 14.4 Å². The summed E-state index contributed by atoms with van der Waals surface area (Å²) in [7, 11) is 0. The molecule has 38 heavy (non-hydrogen) atoms. The van der Waals surface area contributed by atoms with Crippen LogP contribution in [0.1, 0.15) is 79.4 Å². The molecule has 7 nitrogen and oxygen atoms in total. The van der Waals surface area contributed by atoms with Crippen LogP contribution < -0.4 is 5.32 Å². The van der Waals surface area contributed by atoms with E-state index in [0.29, 0.717) is 28.6 Å². The van der Waals surface area contributed by atoms with Crippen molar-refractivity contribution >= 4 is 40.4 Å². The Morgan fingerprint density at radius 3 is 2.34 bits per heavy atom. The van der Waals surface area contributed by atoms with Gasteiger partial charge < -0.3 is 19.7 Å². The van der Waals surface area contributed by atoms with E-state index in [4.69, 9.17) is 21.1 Å². The summed E-state index contributed by atoms with van der Waals surface area (Å²) in [5.41, 5.74) is 2.19. The third-order valence-electron chi connectivity index (χ3n) is 7.51. The van der Waals surface area contributed by atoms with E-state index in [-0.39, 0.29) is 42.0 Å². The summed E-state index contributed by atoms with van der Waals surface area (Å²) in [6, 6.07) is 14.2. The Hall–Kier alpha value is -3.32. The third kappa shape index (κ3) is 6.76. The predicted octanol–water partition coefficient (Wildman–Crippen LogP) is 6.54. The number of carboxylic acids is 1. The maximum Gasteiger partial charge on any atom is 0.305 e. The van der Waals surface area contributed by atoms with Crippen molar-refractivity contribution in [3.05, 3.63) is 70.4 Å². The van der Waals surface area contributed by atoms with Crippen LogP contribution in [0.2, 0.25) is 5.02 Å². The van der Waals surface area contributed by atoms with Gasteiger partial charge in [0, 0.05) is 35.1 Å². The van der Waals surface area contributed by atoms with Crippen LogP contribution in [0, 0.1) is 11.3 Å². The molecule has 2 aromatic carbocycles. The second kappa shape index (κ2) is 11.6. The van der Waals surface area contributed by atoms with Gasteiger partial charge in [-0.25, -0.2) is 0 Å². The first-order valence-corrected chi connectivity index (χ1v) is 13.5. The van der Waals surface area contributed by atoms with Gasteiger partial charge in [-0.1, -0.05) is 44.5 Å². The number of halogens is 1. The highest BCUT2D eigenvalue weighted by Crippen LogP contribution is 2.39. The molecule has 1 fully saturated rings. The second-order valence-corrected chi connectivity index (χ2v) is 11.6. The highest BCUT2D eigenvalue weighted by atomic mass is 35.5. The molecule has 0 unspecified atom stereocenters. The number of carbonyl (C=O) groups is 3. The molecule has 1 saturated carbocycles. The lowest BCUT2D eigenvalue weighted by Gasteiger charge is -2.41. The number of amides is 2. The number of hydrogen-bond acceptors (Lipinski definition) is 4. The minimum absolute atomic E-state index is 0.0676. The third-order valence-corrected chi connectivity index (χ3v) is 7.74. The van der Waals surface area contributed by atoms with Gasteiger partial charge in [-0.2, -0.15) is 0 Å². The molecule has 1 aliphatic carbocycles. The molecule has 0 saturated heterocycles. The minimum Gasteiger partial charge on any atom is -0.481 e. The van der Waals surface area contributed by atoms with Gasteiger partial charge in [-0.3, -0.25) is 14.4 Å². The lowest BCUT2D eigenvalue weighted by atomic mass is 9.71. The summed E-state index contributed by atoms with van der Waals surface area (Å²) in [4.78, 5) is 38.7. The lowest BCUT2D eigenvalue weighted by molar-refractivity contribution is -0.136. The molecule has 0 bridgehead atoms. The lowest BCUT2D eigenvalue weighted by Crippen LogP contribution is -2.43. The Morgan fingerprint density at radius 1 is 1.03 bits per heavy atom. The molecular weight excluding hydrogens is 504 g/mol. The Morgan fingerprint density at radius 2 is 1.71 bits per heavy atom. The summed E-state index contributed by atoms with van der Waals surface area (Å²) in [6.45, 7) is 7.29. The number of fused-ring (bicyclic) bond motifs is 1. The molecular formula is C30H35ClN2O5. The van der Waals surface area contributed by atoms with Crippen LogP contribution in [0.15, 0.2) is 52.9 Å². The predicted molar refractivity (Wildman–Crippen MR) is 147 cm³/mol. The van der Waals surface area contributed by atoms with Crippen LogP contribution in [0.25, 0.3) is 11.0 Å². The van der Waals surface area contributed by atoms with E-state index >= 15 is 0 Å². The Balaban J connectivity index is 1.53. The first-order valence-electron chi connectivity index (χ1n) is 13.1. The second-order valence-electron chi connectivity index (χ2n) is 11.2. The zero-order chi connectivity index (χ0) is 27.4. The molecule has 1 aromatic heterocycles. The van der Waals surface area contributed by atoms with Gasteiger partial charge in [0.15, 0.2) is 5.76 Å². The van der Waals surface area contributed by atoms with Crippen molar-refractivity contribution in [2.75, 3.05) is 6.54 Å². The van der Waals surface area contributed by atoms with Gasteiger partial charge in [0.2, 0.25) is 0 Å². The summed E-state index contributed by atoms with van der Waals surface area (Å²) >= 11 is 6.13. The summed E-state index contributed by atoms with van der Waals surface area (Å²) in [5.74, 6) is -0.550. The highest BCUT2D eigenvalue weighted by molar-refractivity contribution is 6.31. The molecule has 1 heterocycles. The summed E-state index contributed by atoms with van der Waals surface area (Å²) < 4.78 is 5.93. The van der Waals surface area contributed by atoms with Crippen LogP contribution in [-0.2, 0) is 11.3 Å². The molecule has 0 spiro atoms. The number of nitrogens with one attached hydrogen (secondary N) is 1. The number of aliphatic carboxylic acids is 1. The van der Waals surface area contributed by atoms with Crippen LogP contribution >= 0.6 is 11.6 Å². The number of hydrogen-bond donors (Lipinski definition) is 2. The van der Waals surface area contributed by atoms with Gasteiger partial charge in [0.05, 0.1) is 6.42 Å². The molecule has 0 aliphatic heterocycles. The number of rotatable bonds is 8. The Bertz CT molecular complexity index is 1300. The monoisotopic (exact) mass is 538 g/mol. The Kier molecular flexibility index (Phi) is 8.46. The molecule has 3 aromatic rings. The van der Waals surface area contributed by atoms with E-state index in [1.54, 1.807) is 36.4 Å². The standard InChI is InChI=1S/C30H35ClN2O5/c1-30(2,3)22-8-11-24(12-9-22)33(29(37)26-17-21-16-23(31)10-13-25(21)38-26)18-19-4-6-20(7-5-19)28(36)32-15-14-27(34)35/h4-7,10,13,16-17,22,24H,8-9,11-12,14-15,18H2,1-3H3,(H,32,36)(H,34,35). The fourth-order valence-electron chi connectivity index (χ4n) is 5.22. The van der Waals surface area contributed by atoms with E-state index < -0.39 is 5.97 Å². The van der Waals surface area contributed by atoms with E-state index in [0.717, 1.165) is 36.6 Å². The number of nitrogens with zero attached hydrogens (tertiary/aromatic N) is 1. The molecule has 0 radical (unpaired) electrons.